The van der Waals surface area contributed by atoms with E-state index in [9.17, 15) is 0 Å². The molecule has 1 aromatic rings. The molecule has 2 heteroatoms. The highest BCUT2D eigenvalue weighted by atomic mass is 16.5. The van der Waals surface area contributed by atoms with E-state index < -0.39 is 0 Å². The van der Waals surface area contributed by atoms with Crippen LogP contribution in [0.2, 0.25) is 0 Å². The lowest BCUT2D eigenvalue weighted by atomic mass is 9.50. The highest BCUT2D eigenvalue weighted by molar-refractivity contribution is 5.51. The Morgan fingerprint density at radius 2 is 2.21 bits per heavy atom. The van der Waals surface area contributed by atoms with Crippen LogP contribution in [0.15, 0.2) is 18.2 Å². The molecule has 19 heavy (non-hydrogen) atoms. The summed E-state index contributed by atoms with van der Waals surface area (Å²) in [6.07, 6.45) is 5.47. The van der Waals surface area contributed by atoms with Crippen molar-refractivity contribution in [1.29, 1.82) is 0 Å². The van der Waals surface area contributed by atoms with Gasteiger partial charge in [0, 0.05) is 17.5 Å². The van der Waals surface area contributed by atoms with Crippen LogP contribution in [-0.4, -0.2) is 32.1 Å². The Labute approximate surface area is 115 Å². The summed E-state index contributed by atoms with van der Waals surface area (Å²) in [5, 5.41) is 0. The van der Waals surface area contributed by atoms with Gasteiger partial charge in [0.1, 0.15) is 5.75 Å². The van der Waals surface area contributed by atoms with Gasteiger partial charge in [0.15, 0.2) is 0 Å². The van der Waals surface area contributed by atoms with Crippen molar-refractivity contribution in [1.82, 2.24) is 4.90 Å². The average Bonchev–Trinajstić information content (AvgIpc) is 2.46. The fourth-order valence-corrected chi connectivity index (χ4v) is 5.09. The van der Waals surface area contributed by atoms with Gasteiger partial charge in [-0.3, -0.25) is 0 Å². The molecule has 1 saturated heterocycles. The normalized spacial score (nSPS) is 36.7. The van der Waals surface area contributed by atoms with Crippen molar-refractivity contribution in [2.75, 3.05) is 27.2 Å². The van der Waals surface area contributed by atoms with Crippen molar-refractivity contribution in [3.05, 3.63) is 29.3 Å². The first-order chi connectivity index (χ1) is 9.24. The summed E-state index contributed by atoms with van der Waals surface area (Å²) < 4.78 is 5.65. The number of piperidine rings is 1. The second-order valence-electron chi connectivity index (χ2n) is 6.76. The summed E-state index contributed by atoms with van der Waals surface area (Å²) in [5.41, 5.74) is 3.65. The van der Waals surface area contributed by atoms with Gasteiger partial charge in [0.25, 0.3) is 0 Å². The van der Waals surface area contributed by atoms with Crippen molar-refractivity contribution in [2.24, 2.45) is 5.92 Å². The number of likely N-dealkylation sites (tertiary alicyclic amines) is 1. The van der Waals surface area contributed by atoms with Crippen molar-refractivity contribution < 1.29 is 4.74 Å². The van der Waals surface area contributed by atoms with Crippen molar-refractivity contribution in [3.63, 3.8) is 0 Å². The summed E-state index contributed by atoms with van der Waals surface area (Å²) in [5.74, 6) is 2.74. The van der Waals surface area contributed by atoms with Gasteiger partial charge in [0.05, 0.1) is 7.11 Å². The molecule has 3 aliphatic carbocycles. The number of rotatable bonds is 1. The highest BCUT2D eigenvalue weighted by Gasteiger charge is 2.53. The second-order valence-corrected chi connectivity index (χ2v) is 6.76. The first kappa shape index (κ1) is 11.8. The molecule has 102 valence electrons. The maximum absolute atomic E-state index is 5.65. The summed E-state index contributed by atoms with van der Waals surface area (Å²) >= 11 is 0. The van der Waals surface area contributed by atoms with E-state index in [1.54, 1.807) is 11.1 Å². The minimum Gasteiger partial charge on any atom is -0.496 e. The fourth-order valence-electron chi connectivity index (χ4n) is 5.09. The SMILES string of the molecule is COc1cccc2c1[C@H]1CC[C@@]23CCN(C)C[C@H]3C1. The zero-order valence-electron chi connectivity index (χ0n) is 12.0. The molecular formula is C17H23NO. The number of methoxy groups -OCH3 is 1. The molecule has 5 rings (SSSR count). The van der Waals surface area contributed by atoms with Crippen molar-refractivity contribution in [3.8, 4) is 5.75 Å². The van der Waals surface area contributed by atoms with E-state index in [0.717, 1.165) is 17.6 Å². The van der Waals surface area contributed by atoms with E-state index in [4.69, 9.17) is 4.74 Å². The number of nitrogens with zero attached hydrogens (tertiary/aromatic N) is 1. The Bertz CT molecular complexity index is 512. The molecule has 1 heterocycles. The number of ether oxygens (including phenoxy) is 1. The molecular weight excluding hydrogens is 234 g/mol. The van der Waals surface area contributed by atoms with Crippen molar-refractivity contribution >= 4 is 0 Å². The Balaban J connectivity index is 1.88. The zero-order valence-corrected chi connectivity index (χ0v) is 12.0. The third-order valence-electron chi connectivity index (χ3n) is 5.99. The molecule has 4 aliphatic rings. The summed E-state index contributed by atoms with van der Waals surface area (Å²) in [4.78, 5) is 2.52. The average molecular weight is 257 g/mol. The largest absolute Gasteiger partial charge is 0.496 e. The molecule has 2 bridgehead atoms. The van der Waals surface area contributed by atoms with E-state index in [0.29, 0.717) is 5.41 Å². The van der Waals surface area contributed by atoms with Crippen molar-refractivity contribution in [2.45, 2.75) is 37.0 Å². The molecule has 0 aromatic heterocycles. The third-order valence-corrected chi connectivity index (χ3v) is 5.99. The Morgan fingerprint density at radius 1 is 1.32 bits per heavy atom. The predicted molar refractivity (Wildman–Crippen MR) is 76.9 cm³/mol. The van der Waals surface area contributed by atoms with Crippen LogP contribution in [-0.2, 0) is 5.41 Å². The van der Waals surface area contributed by atoms with Crippen LogP contribution in [0.3, 0.4) is 0 Å². The molecule has 1 aromatic carbocycles. The van der Waals surface area contributed by atoms with Gasteiger partial charge < -0.3 is 9.64 Å². The van der Waals surface area contributed by atoms with Gasteiger partial charge in [-0.2, -0.15) is 0 Å². The van der Waals surface area contributed by atoms with Crippen LogP contribution in [0.4, 0.5) is 0 Å². The predicted octanol–water partition coefficient (Wildman–Crippen LogP) is 3.17. The number of fused-ring (bicyclic) bond motifs is 1. The third kappa shape index (κ3) is 1.47. The monoisotopic (exact) mass is 257 g/mol. The quantitative estimate of drug-likeness (QED) is 0.766. The molecule has 1 aliphatic heterocycles. The minimum absolute atomic E-state index is 0.463. The first-order valence-corrected chi connectivity index (χ1v) is 7.60. The van der Waals surface area contributed by atoms with Crippen LogP contribution in [0.1, 0.15) is 42.7 Å². The van der Waals surface area contributed by atoms with Crippen LogP contribution in [0.5, 0.6) is 5.75 Å². The van der Waals surface area contributed by atoms with Crippen LogP contribution >= 0.6 is 0 Å². The van der Waals surface area contributed by atoms with Crippen LogP contribution in [0, 0.1) is 5.92 Å². The molecule has 2 fully saturated rings. The Kier molecular flexibility index (Phi) is 2.47. The second kappa shape index (κ2) is 3.99. The smallest absolute Gasteiger partial charge is 0.122 e. The molecule has 3 atom stereocenters. The molecule has 0 N–H and O–H groups in total. The van der Waals surface area contributed by atoms with Gasteiger partial charge in [-0.15, -0.1) is 0 Å². The van der Waals surface area contributed by atoms with E-state index in [2.05, 4.69) is 30.1 Å². The van der Waals surface area contributed by atoms with Gasteiger partial charge in [-0.25, -0.2) is 0 Å². The minimum atomic E-state index is 0.463. The molecule has 0 unspecified atom stereocenters. The lowest BCUT2D eigenvalue weighted by Crippen LogP contribution is -2.54. The van der Waals surface area contributed by atoms with Gasteiger partial charge in [0.2, 0.25) is 0 Å². The zero-order chi connectivity index (χ0) is 13.0. The van der Waals surface area contributed by atoms with E-state index >= 15 is 0 Å². The maximum Gasteiger partial charge on any atom is 0.122 e. The first-order valence-electron chi connectivity index (χ1n) is 7.60. The lowest BCUT2D eigenvalue weighted by Gasteiger charge is -2.57. The van der Waals surface area contributed by atoms with Crippen LogP contribution < -0.4 is 4.74 Å². The Hall–Kier alpha value is -1.02. The van der Waals surface area contributed by atoms with E-state index in [-0.39, 0.29) is 0 Å². The lowest BCUT2D eigenvalue weighted by molar-refractivity contribution is 0.0460. The Morgan fingerprint density at radius 3 is 3.05 bits per heavy atom. The van der Waals surface area contributed by atoms with E-state index in [1.807, 2.05) is 7.11 Å². The van der Waals surface area contributed by atoms with Gasteiger partial charge in [-0.1, -0.05) is 12.1 Å². The molecule has 1 saturated carbocycles. The van der Waals surface area contributed by atoms with E-state index in [1.165, 1.54) is 38.8 Å². The molecule has 0 radical (unpaired) electrons. The highest BCUT2D eigenvalue weighted by Crippen LogP contribution is 2.60. The summed E-state index contributed by atoms with van der Waals surface area (Å²) in [6.45, 7) is 2.53. The van der Waals surface area contributed by atoms with Gasteiger partial charge >= 0.3 is 0 Å². The van der Waals surface area contributed by atoms with Crippen LogP contribution in [0.25, 0.3) is 0 Å². The number of benzene rings is 1. The molecule has 0 amide bonds. The molecule has 2 nitrogen and oxygen atoms in total. The van der Waals surface area contributed by atoms with Gasteiger partial charge in [-0.05, 0) is 62.7 Å². The number of hydrogen-bond donors (Lipinski definition) is 0. The topological polar surface area (TPSA) is 12.5 Å². The summed E-state index contributed by atoms with van der Waals surface area (Å²) in [6, 6.07) is 6.74. The fraction of sp³-hybridized carbons (Fsp3) is 0.647. The maximum atomic E-state index is 5.65. The molecule has 1 spiro atoms. The standard InChI is InChI=1S/C17H23NO/c1-18-9-8-17-7-6-12(10-13(17)11-18)16-14(17)4-3-5-15(16)19-2/h3-5,12-13H,6-11H2,1-2H3/t12-,13+,17-/m0/s1. The number of hydrogen-bond acceptors (Lipinski definition) is 2. The summed E-state index contributed by atoms with van der Waals surface area (Å²) in [7, 11) is 4.10.